The molecule has 0 bridgehead atoms. The first-order chi connectivity index (χ1) is 9.55. The Labute approximate surface area is 135 Å². The predicted molar refractivity (Wildman–Crippen MR) is 89.2 cm³/mol. The van der Waals surface area contributed by atoms with Gasteiger partial charge in [-0.1, -0.05) is 62.2 Å². The third kappa shape index (κ3) is 3.49. The molecule has 2 aromatic rings. The normalized spacial score (nSPS) is 13.6. The second kappa shape index (κ2) is 6.55. The number of carbonyl (C=O) groups is 1. The van der Waals surface area contributed by atoms with Gasteiger partial charge in [-0.2, -0.15) is 0 Å². The van der Waals surface area contributed by atoms with Crippen LogP contribution in [-0.4, -0.2) is 11.2 Å². The zero-order chi connectivity index (χ0) is 14.6. The second-order valence-electron chi connectivity index (χ2n) is 4.79. The van der Waals surface area contributed by atoms with Gasteiger partial charge in [0.25, 0.3) is 5.91 Å². The summed E-state index contributed by atoms with van der Waals surface area (Å²) in [5, 5.41) is 3.74. The van der Waals surface area contributed by atoms with E-state index in [1.807, 2.05) is 49.4 Å². The van der Waals surface area contributed by atoms with Crippen LogP contribution in [0.2, 0.25) is 0 Å². The maximum atomic E-state index is 12.4. The van der Waals surface area contributed by atoms with Crippen LogP contribution in [0.3, 0.4) is 0 Å². The minimum absolute atomic E-state index is 0.0803. The summed E-state index contributed by atoms with van der Waals surface area (Å²) in [6, 6.07) is 17.3. The Bertz CT molecular complexity index is 583. The molecule has 0 aliphatic rings. The SMILES string of the molecule is CC(CBr)(NC(=O)c1ccc(Br)cc1)c1ccccc1. The van der Waals surface area contributed by atoms with Crippen molar-refractivity contribution in [2.75, 3.05) is 5.33 Å². The molecular weight excluding hydrogens is 382 g/mol. The topological polar surface area (TPSA) is 29.1 Å². The van der Waals surface area contributed by atoms with Gasteiger partial charge >= 0.3 is 0 Å². The fourth-order valence-corrected chi connectivity index (χ4v) is 2.64. The van der Waals surface area contributed by atoms with Crippen molar-refractivity contribution in [2.45, 2.75) is 12.5 Å². The highest BCUT2D eigenvalue weighted by molar-refractivity contribution is 9.10. The molecule has 2 rings (SSSR count). The fourth-order valence-electron chi connectivity index (χ4n) is 1.91. The van der Waals surface area contributed by atoms with Crippen LogP contribution in [0.15, 0.2) is 59.1 Å². The fraction of sp³-hybridized carbons (Fsp3) is 0.188. The first kappa shape index (κ1) is 15.3. The molecule has 1 amide bonds. The molecule has 1 unspecified atom stereocenters. The predicted octanol–water partition coefficient (Wildman–Crippen LogP) is 4.49. The maximum Gasteiger partial charge on any atom is 0.251 e. The first-order valence-electron chi connectivity index (χ1n) is 6.25. The summed E-state index contributed by atoms with van der Waals surface area (Å²) in [6.07, 6.45) is 0. The maximum absolute atomic E-state index is 12.4. The summed E-state index contributed by atoms with van der Waals surface area (Å²) < 4.78 is 0.959. The molecule has 0 aromatic heterocycles. The monoisotopic (exact) mass is 395 g/mol. The van der Waals surface area contributed by atoms with Crippen LogP contribution in [0.4, 0.5) is 0 Å². The van der Waals surface area contributed by atoms with Crippen molar-refractivity contribution >= 4 is 37.8 Å². The number of nitrogens with one attached hydrogen (secondary N) is 1. The van der Waals surface area contributed by atoms with Gasteiger partial charge in [-0.25, -0.2) is 0 Å². The average molecular weight is 397 g/mol. The van der Waals surface area contributed by atoms with Crippen molar-refractivity contribution in [2.24, 2.45) is 0 Å². The number of rotatable bonds is 4. The number of amides is 1. The molecule has 0 saturated heterocycles. The number of benzene rings is 2. The molecule has 1 atom stereocenters. The van der Waals surface area contributed by atoms with Gasteiger partial charge in [0, 0.05) is 15.4 Å². The lowest BCUT2D eigenvalue weighted by atomic mass is 9.94. The van der Waals surface area contributed by atoms with E-state index in [1.54, 1.807) is 12.1 Å². The van der Waals surface area contributed by atoms with Crippen LogP contribution >= 0.6 is 31.9 Å². The highest BCUT2D eigenvalue weighted by Gasteiger charge is 2.27. The Morgan fingerprint density at radius 3 is 2.25 bits per heavy atom. The van der Waals surface area contributed by atoms with E-state index in [4.69, 9.17) is 0 Å². The van der Waals surface area contributed by atoms with E-state index in [1.165, 1.54) is 0 Å². The van der Waals surface area contributed by atoms with Gasteiger partial charge in [0.1, 0.15) is 0 Å². The zero-order valence-corrected chi connectivity index (χ0v) is 14.2. The van der Waals surface area contributed by atoms with Gasteiger partial charge in [-0.05, 0) is 36.8 Å². The van der Waals surface area contributed by atoms with Gasteiger partial charge in [0.05, 0.1) is 5.54 Å². The van der Waals surface area contributed by atoms with Crippen molar-refractivity contribution in [1.29, 1.82) is 0 Å². The third-order valence-corrected chi connectivity index (χ3v) is 4.82. The van der Waals surface area contributed by atoms with E-state index in [9.17, 15) is 4.79 Å². The quantitative estimate of drug-likeness (QED) is 0.758. The lowest BCUT2D eigenvalue weighted by Gasteiger charge is -2.29. The van der Waals surface area contributed by atoms with E-state index < -0.39 is 5.54 Å². The number of alkyl halides is 1. The van der Waals surface area contributed by atoms with Crippen LogP contribution in [0, 0.1) is 0 Å². The second-order valence-corrected chi connectivity index (χ2v) is 6.27. The van der Waals surface area contributed by atoms with Gasteiger partial charge in [-0.3, -0.25) is 4.79 Å². The van der Waals surface area contributed by atoms with Crippen LogP contribution in [0.1, 0.15) is 22.8 Å². The molecule has 0 aliphatic heterocycles. The Morgan fingerprint density at radius 2 is 1.70 bits per heavy atom. The highest BCUT2D eigenvalue weighted by Crippen LogP contribution is 2.23. The third-order valence-electron chi connectivity index (χ3n) is 3.17. The zero-order valence-electron chi connectivity index (χ0n) is 11.1. The molecule has 0 fully saturated rings. The number of hydrogen-bond acceptors (Lipinski definition) is 1. The molecular formula is C16H15Br2NO. The minimum atomic E-state index is -0.439. The van der Waals surface area contributed by atoms with Gasteiger partial charge in [0.2, 0.25) is 0 Å². The van der Waals surface area contributed by atoms with Gasteiger partial charge < -0.3 is 5.32 Å². The van der Waals surface area contributed by atoms with Crippen molar-refractivity contribution in [1.82, 2.24) is 5.32 Å². The summed E-state index contributed by atoms with van der Waals surface area (Å²) in [5.74, 6) is -0.0803. The molecule has 2 nitrogen and oxygen atoms in total. The summed E-state index contributed by atoms with van der Waals surface area (Å²) in [6.45, 7) is 2.01. The standard InChI is InChI=1S/C16H15Br2NO/c1-16(11-17,13-5-3-2-4-6-13)19-15(20)12-7-9-14(18)10-8-12/h2-10H,11H2,1H3,(H,19,20). The number of hydrogen-bond donors (Lipinski definition) is 1. The number of carbonyl (C=O) groups excluding carboxylic acids is 1. The molecule has 4 heteroatoms. The van der Waals surface area contributed by atoms with E-state index in [-0.39, 0.29) is 5.91 Å². The Balaban J connectivity index is 2.22. The summed E-state index contributed by atoms with van der Waals surface area (Å²) in [7, 11) is 0. The van der Waals surface area contributed by atoms with E-state index in [0.29, 0.717) is 10.9 Å². The van der Waals surface area contributed by atoms with E-state index in [2.05, 4.69) is 37.2 Å². The Hall–Kier alpha value is -1.13. The van der Waals surface area contributed by atoms with Crippen molar-refractivity contribution in [3.8, 4) is 0 Å². The molecule has 20 heavy (non-hydrogen) atoms. The van der Waals surface area contributed by atoms with E-state index in [0.717, 1.165) is 10.0 Å². The van der Waals surface area contributed by atoms with Crippen molar-refractivity contribution in [3.05, 3.63) is 70.2 Å². The van der Waals surface area contributed by atoms with Crippen LogP contribution in [0.25, 0.3) is 0 Å². The minimum Gasteiger partial charge on any atom is -0.342 e. The number of halogens is 2. The molecule has 0 aliphatic carbocycles. The average Bonchev–Trinajstić information content (AvgIpc) is 2.48. The van der Waals surface area contributed by atoms with Crippen LogP contribution in [-0.2, 0) is 5.54 Å². The molecule has 0 radical (unpaired) electrons. The Kier molecular flexibility index (Phi) is 5.00. The van der Waals surface area contributed by atoms with Crippen molar-refractivity contribution in [3.63, 3.8) is 0 Å². The largest absolute Gasteiger partial charge is 0.342 e. The summed E-state index contributed by atoms with van der Waals surface area (Å²) in [4.78, 5) is 12.4. The van der Waals surface area contributed by atoms with Gasteiger partial charge in [0.15, 0.2) is 0 Å². The lowest BCUT2D eigenvalue weighted by molar-refractivity contribution is 0.0914. The molecule has 1 N–H and O–H groups in total. The smallest absolute Gasteiger partial charge is 0.251 e. The van der Waals surface area contributed by atoms with Crippen molar-refractivity contribution < 1.29 is 4.79 Å². The van der Waals surface area contributed by atoms with Crippen LogP contribution < -0.4 is 5.32 Å². The Morgan fingerprint density at radius 1 is 1.10 bits per heavy atom. The molecule has 0 spiro atoms. The molecule has 2 aromatic carbocycles. The summed E-state index contributed by atoms with van der Waals surface area (Å²) >= 11 is 6.87. The lowest BCUT2D eigenvalue weighted by Crippen LogP contribution is -2.44. The molecule has 0 heterocycles. The van der Waals surface area contributed by atoms with Gasteiger partial charge in [-0.15, -0.1) is 0 Å². The highest BCUT2D eigenvalue weighted by atomic mass is 79.9. The van der Waals surface area contributed by atoms with E-state index >= 15 is 0 Å². The summed E-state index contributed by atoms with van der Waals surface area (Å²) in [5.41, 5.74) is 1.28. The molecule has 0 saturated carbocycles. The first-order valence-corrected chi connectivity index (χ1v) is 8.16. The molecule has 104 valence electrons. The van der Waals surface area contributed by atoms with Crippen LogP contribution in [0.5, 0.6) is 0 Å².